The molecule has 0 atom stereocenters. The Morgan fingerprint density at radius 3 is 2.75 bits per heavy atom. The van der Waals surface area contributed by atoms with Gasteiger partial charge in [-0.3, -0.25) is 10.1 Å². The zero-order valence-electron chi connectivity index (χ0n) is 16.7. The summed E-state index contributed by atoms with van der Waals surface area (Å²) in [5.41, 5.74) is 2.95. The molecule has 0 radical (unpaired) electrons. The number of anilines is 1. The average molecular weight is 417 g/mol. The number of pyridine rings is 1. The van der Waals surface area contributed by atoms with Gasteiger partial charge in [0.2, 0.25) is 5.13 Å². The molecule has 0 unspecified atom stereocenters. The number of aryl methyl sites for hydroxylation is 1. The molecule has 1 fully saturated rings. The van der Waals surface area contributed by atoms with Crippen molar-refractivity contribution in [3.63, 3.8) is 0 Å². The van der Waals surface area contributed by atoms with E-state index in [0.29, 0.717) is 16.6 Å². The van der Waals surface area contributed by atoms with Gasteiger partial charge in [-0.1, -0.05) is 30.0 Å². The van der Waals surface area contributed by atoms with Crippen molar-refractivity contribution in [3.8, 4) is 0 Å². The molecule has 1 N–H and O–H groups in total. The fourth-order valence-electron chi connectivity index (χ4n) is 3.15. The molecule has 4 rings (SSSR count). The molecule has 1 amide bonds. The highest BCUT2D eigenvalue weighted by molar-refractivity contribution is 8.01. The van der Waals surface area contributed by atoms with Crippen molar-refractivity contribution in [1.29, 1.82) is 0 Å². The van der Waals surface area contributed by atoms with E-state index in [1.165, 1.54) is 11.3 Å². The van der Waals surface area contributed by atoms with E-state index < -0.39 is 0 Å². The van der Waals surface area contributed by atoms with Crippen LogP contribution in [0.2, 0.25) is 0 Å². The summed E-state index contributed by atoms with van der Waals surface area (Å²) in [5.74, 6) is 1.17. The maximum Gasteiger partial charge on any atom is 0.258 e. The zero-order chi connectivity index (χ0) is 20.1. The first-order valence-electron chi connectivity index (χ1n) is 9.46. The smallest absolute Gasteiger partial charge is 0.258 e. The number of nitrogens with zero attached hydrogens (tertiary/aromatic N) is 5. The van der Waals surface area contributed by atoms with Crippen LogP contribution in [0.3, 0.4) is 0 Å². The van der Waals surface area contributed by atoms with Crippen LogP contribution >= 0.6 is 23.1 Å². The lowest BCUT2D eigenvalue weighted by Gasteiger charge is -2.20. The van der Waals surface area contributed by atoms with Gasteiger partial charge in [0, 0.05) is 11.6 Å². The number of thioether (sulfide) groups is 1. The first-order valence-corrected chi connectivity index (χ1v) is 11.3. The standard InChI is InChI=1S/C19H24N6OS2/c1-6-27-18-23-22-17(28-18)21-16(26)12-9-13(11-7-8-11)20-15-14(12)10(2)24-25(15)19(3,4)5/h9,11H,6-8H2,1-5H3,(H,21,22,26). The molecule has 0 spiro atoms. The number of carbonyl (C=O) groups is 1. The van der Waals surface area contributed by atoms with E-state index in [9.17, 15) is 4.79 Å². The molecule has 3 heterocycles. The van der Waals surface area contributed by atoms with E-state index in [4.69, 9.17) is 10.1 Å². The van der Waals surface area contributed by atoms with Crippen LogP contribution in [0.5, 0.6) is 0 Å². The highest BCUT2D eigenvalue weighted by Gasteiger charge is 2.30. The molecule has 3 aromatic rings. The molecule has 148 valence electrons. The predicted octanol–water partition coefficient (Wildman–Crippen LogP) is 4.59. The fourth-order valence-corrected chi connectivity index (χ4v) is 4.79. The molecule has 9 heteroatoms. The van der Waals surface area contributed by atoms with Crippen LogP contribution in [0.1, 0.15) is 68.2 Å². The molecule has 1 aliphatic carbocycles. The van der Waals surface area contributed by atoms with Gasteiger partial charge in [0.25, 0.3) is 5.91 Å². The van der Waals surface area contributed by atoms with E-state index in [2.05, 4.69) is 43.2 Å². The second-order valence-corrected chi connectivity index (χ2v) is 10.5. The van der Waals surface area contributed by atoms with Gasteiger partial charge in [0.15, 0.2) is 9.99 Å². The second-order valence-electron chi connectivity index (χ2n) is 8.00. The molecule has 0 aromatic carbocycles. The third kappa shape index (κ3) is 3.65. The summed E-state index contributed by atoms with van der Waals surface area (Å²) in [6.45, 7) is 10.3. The first kappa shape index (κ1) is 19.3. The fraction of sp³-hybridized carbons (Fsp3) is 0.526. The Balaban J connectivity index is 1.78. The quantitative estimate of drug-likeness (QED) is 0.484. The zero-order valence-corrected chi connectivity index (χ0v) is 18.4. The summed E-state index contributed by atoms with van der Waals surface area (Å²) in [4.78, 5) is 18.1. The summed E-state index contributed by atoms with van der Waals surface area (Å²) in [6, 6.07) is 1.93. The molecule has 28 heavy (non-hydrogen) atoms. The lowest BCUT2D eigenvalue weighted by molar-refractivity contribution is 0.102. The van der Waals surface area contributed by atoms with E-state index in [1.54, 1.807) is 11.8 Å². The summed E-state index contributed by atoms with van der Waals surface area (Å²) >= 11 is 3.01. The predicted molar refractivity (Wildman–Crippen MR) is 113 cm³/mol. The van der Waals surface area contributed by atoms with Crippen molar-refractivity contribution >= 4 is 45.2 Å². The Kier molecular flexibility index (Phi) is 4.91. The van der Waals surface area contributed by atoms with Gasteiger partial charge in [-0.05, 0) is 52.4 Å². The highest BCUT2D eigenvalue weighted by atomic mass is 32.2. The van der Waals surface area contributed by atoms with Crippen LogP contribution in [0.4, 0.5) is 5.13 Å². The highest BCUT2D eigenvalue weighted by Crippen LogP contribution is 2.41. The number of hydrogen-bond acceptors (Lipinski definition) is 7. The number of amides is 1. The van der Waals surface area contributed by atoms with Crippen LogP contribution in [0, 0.1) is 6.92 Å². The van der Waals surface area contributed by atoms with Crippen molar-refractivity contribution in [2.24, 2.45) is 0 Å². The van der Waals surface area contributed by atoms with Crippen LogP contribution in [0.25, 0.3) is 11.0 Å². The van der Waals surface area contributed by atoms with Gasteiger partial charge in [0.1, 0.15) is 0 Å². The van der Waals surface area contributed by atoms with Crippen molar-refractivity contribution in [2.45, 2.75) is 63.3 Å². The maximum absolute atomic E-state index is 13.2. The Hall–Kier alpha value is -2.00. The van der Waals surface area contributed by atoms with Crippen LogP contribution in [-0.4, -0.2) is 36.6 Å². The van der Waals surface area contributed by atoms with E-state index in [1.807, 2.05) is 17.7 Å². The monoisotopic (exact) mass is 416 g/mol. The lowest BCUT2D eigenvalue weighted by atomic mass is 10.1. The van der Waals surface area contributed by atoms with E-state index >= 15 is 0 Å². The molecule has 7 nitrogen and oxygen atoms in total. The van der Waals surface area contributed by atoms with E-state index in [0.717, 1.165) is 45.4 Å². The van der Waals surface area contributed by atoms with Crippen molar-refractivity contribution in [1.82, 2.24) is 25.0 Å². The maximum atomic E-state index is 13.2. The third-order valence-corrected chi connectivity index (χ3v) is 6.46. The van der Waals surface area contributed by atoms with Gasteiger partial charge >= 0.3 is 0 Å². The number of carbonyl (C=O) groups excluding carboxylic acids is 1. The second kappa shape index (κ2) is 7.11. The molecule has 0 saturated heterocycles. The Morgan fingerprint density at radius 1 is 1.36 bits per heavy atom. The number of fused-ring (bicyclic) bond motifs is 1. The van der Waals surface area contributed by atoms with Gasteiger partial charge in [-0.15, -0.1) is 10.2 Å². The SMILES string of the molecule is CCSc1nnc(NC(=O)c2cc(C3CC3)nc3c2c(C)nn3C(C)(C)C)s1. The Bertz CT molecular complexity index is 1040. The van der Waals surface area contributed by atoms with Crippen molar-refractivity contribution < 1.29 is 4.79 Å². The molecule has 0 bridgehead atoms. The lowest BCUT2D eigenvalue weighted by Crippen LogP contribution is -2.23. The minimum absolute atomic E-state index is 0.185. The van der Waals surface area contributed by atoms with E-state index in [-0.39, 0.29) is 11.4 Å². The molecule has 1 saturated carbocycles. The number of nitrogens with one attached hydrogen (secondary N) is 1. The van der Waals surface area contributed by atoms with Crippen LogP contribution in [0.15, 0.2) is 10.4 Å². The van der Waals surface area contributed by atoms with Crippen LogP contribution in [-0.2, 0) is 5.54 Å². The summed E-state index contributed by atoms with van der Waals surface area (Å²) in [5, 5.41) is 17.2. The summed E-state index contributed by atoms with van der Waals surface area (Å²) in [7, 11) is 0. The van der Waals surface area contributed by atoms with Gasteiger partial charge < -0.3 is 0 Å². The Morgan fingerprint density at radius 2 is 2.11 bits per heavy atom. The first-order chi connectivity index (χ1) is 13.3. The molecular weight excluding hydrogens is 392 g/mol. The number of hydrogen-bond donors (Lipinski definition) is 1. The Labute approximate surface area is 172 Å². The van der Waals surface area contributed by atoms with Gasteiger partial charge in [-0.2, -0.15) is 5.10 Å². The van der Waals surface area contributed by atoms with Crippen molar-refractivity contribution in [3.05, 3.63) is 23.0 Å². The molecular formula is C19H24N6OS2. The minimum atomic E-state index is -0.221. The minimum Gasteiger partial charge on any atom is -0.296 e. The third-order valence-electron chi connectivity index (χ3n) is 4.60. The average Bonchev–Trinajstić information content (AvgIpc) is 3.30. The largest absolute Gasteiger partial charge is 0.296 e. The summed E-state index contributed by atoms with van der Waals surface area (Å²) in [6.07, 6.45) is 2.24. The van der Waals surface area contributed by atoms with Crippen LogP contribution < -0.4 is 5.32 Å². The van der Waals surface area contributed by atoms with Crippen molar-refractivity contribution in [2.75, 3.05) is 11.1 Å². The molecule has 3 aromatic heterocycles. The molecule has 1 aliphatic rings. The molecule has 0 aliphatic heterocycles. The summed E-state index contributed by atoms with van der Waals surface area (Å²) < 4.78 is 2.79. The van der Waals surface area contributed by atoms with Gasteiger partial charge in [-0.25, -0.2) is 9.67 Å². The van der Waals surface area contributed by atoms with Gasteiger partial charge in [0.05, 0.1) is 22.2 Å². The number of rotatable bonds is 5. The topological polar surface area (TPSA) is 85.6 Å². The number of aromatic nitrogens is 5. The normalized spacial score (nSPS) is 14.6.